The van der Waals surface area contributed by atoms with E-state index in [1.807, 2.05) is 60.7 Å². The van der Waals surface area contributed by atoms with Gasteiger partial charge in [-0.2, -0.15) is 18.2 Å². The minimum atomic E-state index is -2.41. The van der Waals surface area contributed by atoms with Gasteiger partial charge < -0.3 is 19.9 Å². The summed E-state index contributed by atoms with van der Waals surface area (Å²) >= 11 is 0. The number of hydrogen-bond donors (Lipinski definition) is 1. The molecule has 11 aromatic carbocycles. The van der Waals surface area contributed by atoms with Crippen molar-refractivity contribution in [1.82, 2.24) is 4.98 Å². The fourth-order valence-corrected chi connectivity index (χ4v) is 12.6. The van der Waals surface area contributed by atoms with Crippen LogP contribution in [-0.4, -0.2) is 4.98 Å². The van der Waals surface area contributed by atoms with Crippen molar-refractivity contribution in [3.8, 4) is 89.4 Å². The molecule has 1 aliphatic heterocycles. The van der Waals surface area contributed by atoms with Crippen molar-refractivity contribution in [2.45, 2.75) is 58.2 Å². The van der Waals surface area contributed by atoms with Crippen LogP contribution in [0.15, 0.2) is 267 Å². The van der Waals surface area contributed by atoms with Crippen molar-refractivity contribution >= 4 is 34.3 Å². The zero-order valence-electron chi connectivity index (χ0n) is 52.0. The maximum absolute atomic E-state index is 8.79. The summed E-state index contributed by atoms with van der Waals surface area (Å²) in [5.74, 6) is 1.48. The Morgan fingerprint density at radius 1 is 0.471 bits per heavy atom. The van der Waals surface area contributed by atoms with Crippen molar-refractivity contribution in [1.29, 1.82) is 0 Å². The van der Waals surface area contributed by atoms with Gasteiger partial charge in [-0.3, -0.25) is 0 Å². The molecule has 0 saturated carbocycles. The fourth-order valence-electron chi connectivity index (χ4n) is 12.6. The second-order valence-corrected chi connectivity index (χ2v) is 23.7. The Hall–Kier alpha value is -9.54. The Morgan fingerprint density at radius 2 is 1.02 bits per heavy atom. The molecule has 0 spiro atoms. The third-order valence-electron chi connectivity index (χ3n) is 17.2. The first-order valence-corrected chi connectivity index (χ1v) is 29.5. The molecule has 0 radical (unpaired) electrons. The van der Waals surface area contributed by atoms with Gasteiger partial charge in [-0.1, -0.05) is 210 Å². The van der Waals surface area contributed by atoms with Crippen LogP contribution in [-0.2, 0) is 31.9 Å². The van der Waals surface area contributed by atoms with Gasteiger partial charge in [0.15, 0.2) is 0 Å². The zero-order chi connectivity index (χ0) is 60.9. The van der Waals surface area contributed by atoms with Crippen LogP contribution in [0.25, 0.3) is 77.9 Å². The van der Waals surface area contributed by atoms with E-state index in [-0.39, 0.29) is 37.5 Å². The summed E-state index contributed by atoms with van der Waals surface area (Å²) in [6, 6.07) is 97.4. The molecule has 1 N–H and O–H groups in total. The molecule has 2 aliphatic rings. The molecule has 5 nitrogen and oxygen atoms in total. The minimum absolute atomic E-state index is 0. The van der Waals surface area contributed by atoms with E-state index in [1.165, 1.54) is 11.1 Å². The van der Waals surface area contributed by atoms with E-state index in [9.17, 15) is 0 Å². The predicted octanol–water partition coefficient (Wildman–Crippen LogP) is 22.0. The molecule has 0 unspecified atom stereocenters. The average molecular weight is 1310 g/mol. The number of ether oxygens (including phenoxy) is 1. The SMILES string of the molecule is [2H]C([2H])([2H])c1cc(Nc2cccc(-c3ccccc3)c2-c2c[c-]c(Oc3[c-]c(N4[CH-]N(c5c(-c6ccccc6)cccc5-c5cc(-c6ccccc6)cc(-c6ccccc6)c5)c5ccccc54)ccc3)cc2)ncc1-c1ccc2c(c1)C(C)(C)CCC2(C)C.[Pt]. The second kappa shape index (κ2) is 23.7. The molecule has 1 aromatic heterocycles. The maximum Gasteiger partial charge on any atom is 0.130 e. The molecular weight excluding hydrogens is 1240 g/mol. The van der Waals surface area contributed by atoms with Crippen LogP contribution in [0.4, 0.5) is 34.3 Å². The number of fused-ring (bicyclic) bond motifs is 2. The molecule has 0 saturated heterocycles. The molecule has 14 rings (SSSR count). The Balaban J connectivity index is 0.00000743. The van der Waals surface area contributed by atoms with Gasteiger partial charge in [-0.25, -0.2) is 4.98 Å². The molecule has 12 aromatic rings. The average Bonchev–Trinajstić information content (AvgIpc) is 1.32. The molecular formula is C81H65N4OPt-3. The van der Waals surface area contributed by atoms with Crippen LogP contribution >= 0.6 is 0 Å². The van der Waals surface area contributed by atoms with Crippen LogP contribution in [0.5, 0.6) is 11.5 Å². The Labute approximate surface area is 531 Å². The Kier molecular flexibility index (Phi) is 14.4. The van der Waals surface area contributed by atoms with E-state index in [0.717, 1.165) is 114 Å². The summed E-state index contributed by atoms with van der Waals surface area (Å²) in [6.45, 7) is 8.94. The van der Waals surface area contributed by atoms with Gasteiger partial charge in [0.2, 0.25) is 0 Å². The number of nitrogens with one attached hydrogen (secondary N) is 1. The van der Waals surface area contributed by atoms with E-state index in [4.69, 9.17) is 13.8 Å². The number of hydrogen-bond acceptors (Lipinski definition) is 5. The monoisotopic (exact) mass is 1310 g/mol. The number of aromatic nitrogens is 1. The molecule has 0 fully saturated rings. The maximum atomic E-state index is 8.79. The standard InChI is InChI=1S/C81H65N4O.Pt/c1-55-47-77(82-53-71(55)61-41-44-72-73(51-61)81(4,5)46-45-80(72,2)3)83-74-36-22-33-68(58-27-14-8-15-28-58)78(74)60-39-42-66(43-40-60)86-67-32-20-31-65(52-67)84-54-85(76-38-19-18-37-75(76)84)79-69(59-29-16-9-17-30-59)34-21-35-70(79)64-49-62(56-23-10-6-11-24-56)48-63(50-64)57-25-12-7-13-26-57;/h6-42,44,47-51,53-54H,45-46H2,1-5H3,(H,82,83);/q-3;/i1D3;. The molecule has 6 heteroatoms. The third-order valence-corrected chi connectivity index (χ3v) is 17.2. The number of pyridine rings is 1. The molecule has 1 aliphatic carbocycles. The Morgan fingerprint density at radius 3 is 1.67 bits per heavy atom. The van der Waals surface area contributed by atoms with Crippen molar-refractivity contribution in [3.63, 3.8) is 0 Å². The third kappa shape index (κ3) is 11.2. The summed E-state index contributed by atoms with van der Waals surface area (Å²) in [4.78, 5) is 9.43. The molecule has 2 heterocycles. The number of benzene rings is 11. The fraction of sp³-hybridized carbons (Fsp3) is 0.111. The molecule has 87 heavy (non-hydrogen) atoms. The second-order valence-electron chi connectivity index (χ2n) is 23.7. The van der Waals surface area contributed by atoms with Gasteiger partial charge in [0.05, 0.1) is 0 Å². The summed E-state index contributed by atoms with van der Waals surface area (Å²) in [7, 11) is 0. The van der Waals surface area contributed by atoms with Gasteiger partial charge in [-0.15, -0.1) is 48.3 Å². The topological polar surface area (TPSA) is 40.6 Å². The summed E-state index contributed by atoms with van der Waals surface area (Å²) in [5.41, 5.74) is 21.7. The number of rotatable bonds is 13. The first-order chi connectivity index (χ1) is 43.2. The zero-order valence-corrected chi connectivity index (χ0v) is 51.2. The normalized spacial score (nSPS) is 14.4. The van der Waals surface area contributed by atoms with Gasteiger partial charge in [0.25, 0.3) is 0 Å². The van der Waals surface area contributed by atoms with Gasteiger partial charge in [0.1, 0.15) is 5.82 Å². The van der Waals surface area contributed by atoms with Crippen LogP contribution in [0.3, 0.4) is 0 Å². The van der Waals surface area contributed by atoms with E-state index < -0.39 is 6.85 Å². The van der Waals surface area contributed by atoms with Crippen LogP contribution in [0.2, 0.25) is 0 Å². The number of anilines is 6. The van der Waals surface area contributed by atoms with Gasteiger partial charge in [0, 0.05) is 82.3 Å². The van der Waals surface area contributed by atoms with Crippen LogP contribution < -0.4 is 19.9 Å². The first kappa shape index (κ1) is 53.0. The van der Waals surface area contributed by atoms with Crippen molar-refractivity contribution in [2.24, 2.45) is 0 Å². The number of aryl methyl sites for hydroxylation is 1. The summed E-state index contributed by atoms with van der Waals surface area (Å²) < 4.78 is 33.0. The van der Waals surface area contributed by atoms with E-state index in [1.54, 1.807) is 12.3 Å². The van der Waals surface area contributed by atoms with E-state index in [0.29, 0.717) is 22.9 Å². The van der Waals surface area contributed by atoms with E-state index >= 15 is 0 Å². The molecule has 0 atom stereocenters. The minimum Gasteiger partial charge on any atom is -0.509 e. The van der Waals surface area contributed by atoms with Crippen LogP contribution in [0.1, 0.15) is 61.3 Å². The molecule has 428 valence electrons. The first-order valence-electron chi connectivity index (χ1n) is 31.0. The quantitative estimate of drug-likeness (QED) is 0.117. The Bertz CT molecular complexity index is 4520. The predicted molar refractivity (Wildman–Crippen MR) is 358 cm³/mol. The summed E-state index contributed by atoms with van der Waals surface area (Å²) in [6.07, 6.45) is 3.87. The summed E-state index contributed by atoms with van der Waals surface area (Å²) in [5, 5.41) is 3.57. The van der Waals surface area contributed by atoms with E-state index in [2.05, 4.69) is 256 Å². The number of nitrogens with zero attached hydrogens (tertiary/aromatic N) is 3. The van der Waals surface area contributed by atoms with Crippen LogP contribution in [0, 0.1) is 25.7 Å². The number of para-hydroxylation sites is 3. The molecule has 0 amide bonds. The largest absolute Gasteiger partial charge is 0.509 e. The van der Waals surface area contributed by atoms with Gasteiger partial charge >= 0.3 is 0 Å². The molecule has 0 bridgehead atoms. The van der Waals surface area contributed by atoms with Crippen molar-refractivity contribution < 1.29 is 29.9 Å². The van der Waals surface area contributed by atoms with Crippen molar-refractivity contribution in [2.75, 3.05) is 15.1 Å². The smallest absolute Gasteiger partial charge is 0.130 e. The van der Waals surface area contributed by atoms with Crippen molar-refractivity contribution in [3.05, 3.63) is 303 Å². The van der Waals surface area contributed by atoms with Gasteiger partial charge in [-0.05, 0) is 145 Å².